The van der Waals surface area contributed by atoms with Crippen molar-refractivity contribution in [1.29, 1.82) is 0 Å². The van der Waals surface area contributed by atoms with Gasteiger partial charge >= 0.3 is 5.97 Å². The summed E-state index contributed by atoms with van der Waals surface area (Å²) >= 11 is 0. The normalized spacial score (nSPS) is 12.5. The number of rotatable bonds is 69. The summed E-state index contributed by atoms with van der Waals surface area (Å²) in [6, 6.07) is -0.538. The molecule has 470 valence electrons. The number of hydrogen-bond acceptors (Lipinski definition) is 5. The number of nitrogens with one attached hydrogen (secondary N) is 1. The lowest BCUT2D eigenvalue weighted by Crippen LogP contribution is -2.45. The van der Waals surface area contributed by atoms with Crippen LogP contribution >= 0.6 is 0 Å². The lowest BCUT2D eigenvalue weighted by molar-refractivity contribution is -0.143. The number of aliphatic hydroxyl groups is 2. The predicted octanol–water partition coefficient (Wildman–Crippen LogP) is 23.5. The molecule has 79 heavy (non-hydrogen) atoms. The van der Waals surface area contributed by atoms with E-state index in [1.165, 1.54) is 340 Å². The summed E-state index contributed by atoms with van der Waals surface area (Å²) in [6.45, 7) is 4.98. The molecule has 0 fully saturated rings. The van der Waals surface area contributed by atoms with Gasteiger partial charge in [-0.2, -0.15) is 0 Å². The van der Waals surface area contributed by atoms with E-state index in [4.69, 9.17) is 4.74 Å². The molecule has 0 radical (unpaired) electrons. The van der Waals surface area contributed by atoms with Gasteiger partial charge in [0.05, 0.1) is 25.4 Å². The fraction of sp³-hybridized carbons (Fsp3) is 0.945. The molecule has 6 nitrogen and oxygen atoms in total. The zero-order chi connectivity index (χ0) is 57.1. The summed E-state index contributed by atoms with van der Waals surface area (Å²) in [7, 11) is 0. The molecule has 0 aromatic carbocycles. The van der Waals surface area contributed by atoms with Crippen LogP contribution in [-0.2, 0) is 14.3 Å². The molecule has 6 heteroatoms. The number of hydrogen-bond donors (Lipinski definition) is 3. The highest BCUT2D eigenvalue weighted by molar-refractivity contribution is 5.76. The molecule has 0 heterocycles. The van der Waals surface area contributed by atoms with Gasteiger partial charge in [0.2, 0.25) is 5.91 Å². The average molecular weight is 1110 g/mol. The van der Waals surface area contributed by atoms with Crippen molar-refractivity contribution in [2.24, 2.45) is 0 Å². The fourth-order valence-electron chi connectivity index (χ4n) is 11.8. The van der Waals surface area contributed by atoms with Gasteiger partial charge in [-0.3, -0.25) is 9.59 Å². The maximum atomic E-state index is 12.5. The van der Waals surface area contributed by atoms with Gasteiger partial charge in [-0.25, -0.2) is 0 Å². The third kappa shape index (κ3) is 65.6. The van der Waals surface area contributed by atoms with Crippen LogP contribution in [0, 0.1) is 0 Å². The van der Waals surface area contributed by atoms with Gasteiger partial charge in [-0.1, -0.05) is 366 Å². The largest absolute Gasteiger partial charge is 0.466 e. The predicted molar refractivity (Wildman–Crippen MR) is 347 cm³/mol. The number of amides is 1. The standard InChI is InChI=1S/C73H143NO5/c1-3-5-7-9-11-13-15-17-18-19-35-38-42-45-49-53-57-61-65-71(76)70(69-75)74-72(77)66-62-58-54-50-46-43-39-36-33-31-29-27-25-23-21-20-22-24-26-28-30-32-34-37-40-44-48-52-56-60-64-68-79-73(78)67-63-59-55-51-47-41-16-14-12-10-8-6-4-2/h14,16,70-71,75-76H,3-13,15,17-69H2,1-2H3,(H,74,77)/b16-14-. The molecule has 1 amide bonds. The molecule has 0 aliphatic heterocycles. The van der Waals surface area contributed by atoms with Crippen molar-refractivity contribution in [2.75, 3.05) is 13.2 Å². The third-order valence-corrected chi connectivity index (χ3v) is 17.3. The molecule has 0 aliphatic carbocycles. The molecule has 2 atom stereocenters. The zero-order valence-electron chi connectivity index (χ0n) is 53.9. The summed E-state index contributed by atoms with van der Waals surface area (Å²) in [4.78, 5) is 24.6. The van der Waals surface area contributed by atoms with Crippen LogP contribution in [0.4, 0.5) is 0 Å². The zero-order valence-corrected chi connectivity index (χ0v) is 53.9. The SMILES string of the molecule is CCCCCC/C=C\CCCCCCCC(=O)OCCCCCCCCCCCCCCCCCCCCCCCCCCCCCCCCCC(=O)NC(CO)C(O)CCCCCCCCCCCCCCCCCCCC. The monoisotopic (exact) mass is 1110 g/mol. The first kappa shape index (κ1) is 77.6. The van der Waals surface area contributed by atoms with Crippen molar-refractivity contribution in [1.82, 2.24) is 5.32 Å². The number of esters is 1. The molecular formula is C73H143NO5. The molecule has 2 unspecified atom stereocenters. The van der Waals surface area contributed by atoms with E-state index in [-0.39, 0.29) is 18.5 Å². The van der Waals surface area contributed by atoms with Crippen molar-refractivity contribution >= 4 is 11.9 Å². The minimum Gasteiger partial charge on any atom is -0.466 e. The Kier molecular flexibility index (Phi) is 67.9. The topological polar surface area (TPSA) is 95.9 Å². The van der Waals surface area contributed by atoms with Crippen molar-refractivity contribution in [2.45, 2.75) is 431 Å². The smallest absolute Gasteiger partial charge is 0.305 e. The van der Waals surface area contributed by atoms with Gasteiger partial charge in [0.15, 0.2) is 0 Å². The van der Waals surface area contributed by atoms with E-state index in [0.29, 0.717) is 25.9 Å². The van der Waals surface area contributed by atoms with Crippen molar-refractivity contribution in [3.63, 3.8) is 0 Å². The van der Waals surface area contributed by atoms with Crippen molar-refractivity contribution in [3.8, 4) is 0 Å². The van der Waals surface area contributed by atoms with Crippen LogP contribution in [0.15, 0.2) is 12.2 Å². The number of carbonyl (C=O) groups is 2. The highest BCUT2D eigenvalue weighted by Crippen LogP contribution is 2.20. The van der Waals surface area contributed by atoms with Crippen LogP contribution in [0.25, 0.3) is 0 Å². The molecule has 0 aliphatic rings. The summed E-state index contributed by atoms with van der Waals surface area (Å²) in [6.07, 6.45) is 85.6. The van der Waals surface area contributed by atoms with E-state index < -0.39 is 12.1 Å². The van der Waals surface area contributed by atoms with Gasteiger partial charge in [0.1, 0.15) is 0 Å². The Morgan fingerprint density at radius 3 is 0.911 bits per heavy atom. The van der Waals surface area contributed by atoms with Crippen molar-refractivity contribution in [3.05, 3.63) is 12.2 Å². The fourth-order valence-corrected chi connectivity index (χ4v) is 11.8. The molecule has 0 saturated heterocycles. The second kappa shape index (κ2) is 69.1. The first-order valence-corrected chi connectivity index (χ1v) is 36.4. The second-order valence-electron chi connectivity index (χ2n) is 25.3. The number of allylic oxidation sites excluding steroid dienone is 2. The van der Waals surface area contributed by atoms with Gasteiger partial charge in [-0.05, 0) is 51.4 Å². The van der Waals surface area contributed by atoms with E-state index >= 15 is 0 Å². The lowest BCUT2D eigenvalue weighted by Gasteiger charge is -2.22. The Morgan fingerprint density at radius 1 is 0.342 bits per heavy atom. The van der Waals surface area contributed by atoms with Crippen molar-refractivity contribution < 1.29 is 24.5 Å². The molecular weight excluding hydrogens is 971 g/mol. The Bertz CT molecular complexity index is 1190. The quantitative estimate of drug-likeness (QED) is 0.0320. The lowest BCUT2D eigenvalue weighted by atomic mass is 10.0. The molecule has 0 rings (SSSR count). The van der Waals surface area contributed by atoms with Gasteiger partial charge in [-0.15, -0.1) is 0 Å². The highest BCUT2D eigenvalue weighted by Gasteiger charge is 2.20. The Labute approximate surface area is 495 Å². The highest BCUT2D eigenvalue weighted by atomic mass is 16.5. The Morgan fingerprint density at radius 2 is 0.595 bits per heavy atom. The minimum atomic E-state index is -0.661. The van der Waals surface area contributed by atoms with Crippen LogP contribution in [0.3, 0.4) is 0 Å². The number of carbonyl (C=O) groups excluding carboxylic acids is 2. The van der Waals surface area contributed by atoms with E-state index in [2.05, 4.69) is 31.3 Å². The van der Waals surface area contributed by atoms with Crippen LogP contribution in [-0.4, -0.2) is 47.4 Å². The van der Waals surface area contributed by atoms with Crippen LogP contribution in [0.2, 0.25) is 0 Å². The van der Waals surface area contributed by atoms with E-state index in [9.17, 15) is 19.8 Å². The van der Waals surface area contributed by atoms with Gasteiger partial charge in [0, 0.05) is 12.8 Å². The van der Waals surface area contributed by atoms with E-state index in [1.807, 2.05) is 0 Å². The molecule has 0 aromatic rings. The molecule has 0 saturated carbocycles. The first-order chi connectivity index (χ1) is 39.0. The maximum absolute atomic E-state index is 12.5. The molecule has 3 N–H and O–H groups in total. The molecule has 0 bridgehead atoms. The van der Waals surface area contributed by atoms with E-state index in [0.717, 1.165) is 44.9 Å². The minimum absolute atomic E-state index is 0.0123. The van der Waals surface area contributed by atoms with Gasteiger partial charge < -0.3 is 20.3 Å². The number of aliphatic hydroxyl groups excluding tert-OH is 2. The Hall–Kier alpha value is -1.40. The molecule has 0 spiro atoms. The number of ether oxygens (including phenoxy) is 1. The third-order valence-electron chi connectivity index (χ3n) is 17.3. The van der Waals surface area contributed by atoms with Crippen LogP contribution in [0.5, 0.6) is 0 Å². The van der Waals surface area contributed by atoms with Crippen LogP contribution in [0.1, 0.15) is 418 Å². The summed E-state index contributed by atoms with van der Waals surface area (Å²) in [5.74, 6) is -0.0140. The average Bonchev–Trinajstić information content (AvgIpc) is 3.45. The first-order valence-electron chi connectivity index (χ1n) is 36.4. The maximum Gasteiger partial charge on any atom is 0.305 e. The Balaban J connectivity index is 3.32. The summed E-state index contributed by atoms with van der Waals surface area (Å²) in [5, 5.41) is 23.4. The summed E-state index contributed by atoms with van der Waals surface area (Å²) in [5.41, 5.74) is 0. The summed E-state index contributed by atoms with van der Waals surface area (Å²) < 4.78 is 5.48. The number of unbranched alkanes of at least 4 members (excludes halogenated alkanes) is 56. The molecule has 0 aromatic heterocycles. The van der Waals surface area contributed by atoms with Gasteiger partial charge in [0.25, 0.3) is 0 Å². The van der Waals surface area contributed by atoms with Crippen LogP contribution < -0.4 is 5.32 Å². The second-order valence-corrected chi connectivity index (χ2v) is 25.3. The van der Waals surface area contributed by atoms with E-state index in [1.54, 1.807) is 0 Å².